The summed E-state index contributed by atoms with van der Waals surface area (Å²) < 4.78 is 0. The molecule has 1 N–H and O–H groups in total. The van der Waals surface area contributed by atoms with Crippen LogP contribution in [-0.2, 0) is 15.6 Å². The highest BCUT2D eigenvalue weighted by Crippen LogP contribution is 2.45. The average Bonchev–Trinajstić information content (AvgIpc) is 3.12. The first-order valence-electron chi connectivity index (χ1n) is 13.9. The summed E-state index contributed by atoms with van der Waals surface area (Å²) in [6.45, 7) is 15.1. The molecule has 0 radical (unpaired) electrons. The van der Waals surface area contributed by atoms with Crippen LogP contribution in [0.2, 0.25) is 0 Å². The molecule has 2 bridgehead atoms. The molecule has 4 aliphatic rings. The predicted molar refractivity (Wildman–Crippen MR) is 152 cm³/mol. The van der Waals surface area contributed by atoms with Crippen LogP contribution in [0, 0.1) is 11.8 Å². The van der Waals surface area contributed by atoms with Gasteiger partial charge >= 0.3 is 0 Å². The Bertz CT molecular complexity index is 844. The number of benzene rings is 1. The number of fused-ring (bicyclic) bond motifs is 4. The number of phenolic OH excluding ortho intramolecular Hbond substituents is 1. The van der Waals surface area contributed by atoms with Crippen molar-refractivity contribution in [3.8, 4) is 5.75 Å². The number of aromatic hydroxyl groups is 1. The van der Waals surface area contributed by atoms with E-state index in [1.54, 1.807) is 0 Å². The summed E-state index contributed by atoms with van der Waals surface area (Å²) in [6, 6.07) is 4.45. The lowest BCUT2D eigenvalue weighted by Crippen LogP contribution is -2.37. The maximum Gasteiger partial charge on any atom is 0.232 e. The molecule has 1 aromatic rings. The first kappa shape index (κ1) is 27.2. The van der Waals surface area contributed by atoms with Crippen molar-refractivity contribution in [2.45, 2.75) is 119 Å². The lowest BCUT2D eigenvalue weighted by atomic mass is 9.79. The summed E-state index contributed by atoms with van der Waals surface area (Å²) in [7, 11) is 0. The van der Waals surface area contributed by atoms with E-state index in [0.29, 0.717) is 27.9 Å². The van der Waals surface area contributed by atoms with Crippen molar-refractivity contribution in [3.05, 3.63) is 23.3 Å². The van der Waals surface area contributed by atoms with Crippen LogP contribution < -0.4 is 0 Å². The van der Waals surface area contributed by atoms with Crippen molar-refractivity contribution < 1.29 is 9.90 Å². The van der Waals surface area contributed by atoms with Gasteiger partial charge in [-0.05, 0) is 73.3 Å². The zero-order chi connectivity index (χ0) is 25.4. The minimum Gasteiger partial charge on any atom is -0.507 e. The molecule has 2 saturated heterocycles. The molecule has 2 saturated carbocycles. The van der Waals surface area contributed by atoms with Crippen molar-refractivity contribution in [1.29, 1.82) is 0 Å². The third-order valence-electron chi connectivity index (χ3n) is 8.33. The van der Waals surface area contributed by atoms with E-state index >= 15 is 0 Å². The van der Waals surface area contributed by atoms with Crippen LogP contribution in [0.25, 0.3) is 0 Å². The summed E-state index contributed by atoms with van der Waals surface area (Å²) in [5, 5.41) is 12.2. The lowest BCUT2D eigenvalue weighted by molar-refractivity contribution is -0.128. The van der Waals surface area contributed by atoms with Crippen molar-refractivity contribution in [3.63, 3.8) is 0 Å². The highest BCUT2D eigenvalue weighted by Gasteiger charge is 2.34. The molecule has 1 aromatic carbocycles. The Hall–Kier alpha value is -0.810. The maximum atomic E-state index is 13.2. The molecular formula is C30H47NO2S2. The molecule has 2 atom stereocenters. The summed E-state index contributed by atoms with van der Waals surface area (Å²) in [6.07, 6.45) is 10.2. The molecule has 1 amide bonds. The third-order valence-corrected chi connectivity index (χ3v) is 11.3. The third kappa shape index (κ3) is 6.74. The Balaban J connectivity index is 1.46. The first-order valence-corrected chi connectivity index (χ1v) is 15.8. The van der Waals surface area contributed by atoms with Crippen LogP contribution in [-0.4, -0.2) is 45.3 Å². The number of hydrogen-bond acceptors (Lipinski definition) is 4. The molecule has 2 heterocycles. The van der Waals surface area contributed by atoms with Gasteiger partial charge in [0.2, 0.25) is 5.91 Å². The number of carbonyl (C=O) groups excluding carboxylic acids is 1. The Kier molecular flexibility index (Phi) is 8.47. The largest absolute Gasteiger partial charge is 0.507 e. The van der Waals surface area contributed by atoms with E-state index < -0.39 is 0 Å². The molecule has 35 heavy (non-hydrogen) atoms. The number of amides is 1. The summed E-state index contributed by atoms with van der Waals surface area (Å²) in [5.41, 5.74) is 1.86. The number of thioether (sulfide) groups is 2. The van der Waals surface area contributed by atoms with Crippen LogP contribution in [0.5, 0.6) is 5.75 Å². The Morgan fingerprint density at radius 3 is 1.83 bits per heavy atom. The van der Waals surface area contributed by atoms with Crippen LogP contribution in [0.1, 0.15) is 104 Å². The van der Waals surface area contributed by atoms with Gasteiger partial charge in [-0.1, -0.05) is 54.4 Å². The summed E-state index contributed by atoms with van der Waals surface area (Å²) >= 11 is 3.90. The van der Waals surface area contributed by atoms with E-state index in [1.165, 1.54) is 56.3 Å². The molecule has 2 aliphatic carbocycles. The summed E-state index contributed by atoms with van der Waals surface area (Å²) in [4.78, 5) is 16.7. The quantitative estimate of drug-likeness (QED) is 0.433. The number of rotatable bonds is 5. The number of carbonyl (C=O) groups is 1. The molecule has 2 unspecified atom stereocenters. The summed E-state index contributed by atoms with van der Waals surface area (Å²) in [5.74, 6) is 2.95. The van der Waals surface area contributed by atoms with Crippen molar-refractivity contribution in [2.24, 2.45) is 11.8 Å². The topological polar surface area (TPSA) is 40.5 Å². The standard InChI is InChI=1S/C30H47NO2S2/c1-29(2,3)23-15-22(16-24(28(23)33)30(4,5)6)35-26-10-8-7-9-25(26)34-19-27(32)31-17-20-11-12-21(18-31)14-13-20/h15-16,20-21,25-26,33H,7-14,17-19H2,1-6H3/t20-,21-,25?,26?. The van der Waals surface area contributed by atoms with Crippen LogP contribution in [0.3, 0.4) is 0 Å². The smallest absolute Gasteiger partial charge is 0.232 e. The minimum absolute atomic E-state index is 0.111. The van der Waals surface area contributed by atoms with E-state index in [0.717, 1.165) is 36.1 Å². The monoisotopic (exact) mass is 517 g/mol. The zero-order valence-corrected chi connectivity index (χ0v) is 24.5. The fourth-order valence-electron chi connectivity index (χ4n) is 6.15. The van der Waals surface area contributed by atoms with Gasteiger partial charge in [0.1, 0.15) is 5.75 Å². The van der Waals surface area contributed by atoms with Crippen molar-refractivity contribution in [1.82, 2.24) is 4.90 Å². The minimum atomic E-state index is -0.111. The molecule has 3 nitrogen and oxygen atoms in total. The second kappa shape index (κ2) is 10.9. The van der Waals surface area contributed by atoms with Gasteiger partial charge in [-0.15, -0.1) is 23.5 Å². The van der Waals surface area contributed by atoms with E-state index in [9.17, 15) is 9.90 Å². The lowest BCUT2D eigenvalue weighted by Gasteiger charge is -2.33. The van der Waals surface area contributed by atoms with Gasteiger partial charge in [0.05, 0.1) is 5.75 Å². The van der Waals surface area contributed by atoms with Gasteiger partial charge in [0.15, 0.2) is 0 Å². The second-order valence-corrected chi connectivity index (χ2v) is 15.9. The fraction of sp³-hybridized carbons (Fsp3) is 0.767. The molecule has 196 valence electrons. The van der Waals surface area contributed by atoms with Gasteiger partial charge in [-0.2, -0.15) is 0 Å². The van der Waals surface area contributed by atoms with Crippen LogP contribution in [0.4, 0.5) is 0 Å². The number of nitrogens with zero attached hydrogens (tertiary/aromatic N) is 1. The highest BCUT2D eigenvalue weighted by molar-refractivity contribution is 8.04. The Morgan fingerprint density at radius 1 is 0.857 bits per heavy atom. The van der Waals surface area contributed by atoms with Gasteiger partial charge in [-0.3, -0.25) is 4.79 Å². The van der Waals surface area contributed by atoms with Crippen LogP contribution >= 0.6 is 23.5 Å². The fourth-order valence-corrected chi connectivity index (χ4v) is 9.07. The Morgan fingerprint density at radius 2 is 1.34 bits per heavy atom. The SMILES string of the molecule is CC(C)(C)c1cc(SC2CCCCC2SCC(=O)N2C[C@H]3CC[C@@H](CC3)C2)cc(C(C)(C)C)c1O. The molecule has 0 aromatic heterocycles. The number of phenols is 1. The number of hydrogen-bond donors (Lipinski definition) is 1. The van der Waals surface area contributed by atoms with Gasteiger partial charge in [0, 0.05) is 39.6 Å². The second-order valence-electron chi connectivity index (χ2n) is 13.3. The molecule has 4 fully saturated rings. The molecule has 5 rings (SSSR count). The molecule has 5 heteroatoms. The van der Waals surface area contributed by atoms with E-state index in [2.05, 4.69) is 58.6 Å². The zero-order valence-electron chi connectivity index (χ0n) is 22.9. The molecule has 2 aliphatic heterocycles. The Labute approximate surface area is 222 Å². The normalized spacial score (nSPS) is 27.7. The molecular weight excluding hydrogens is 470 g/mol. The van der Waals surface area contributed by atoms with E-state index in [1.807, 2.05) is 23.5 Å². The van der Waals surface area contributed by atoms with Crippen molar-refractivity contribution in [2.75, 3.05) is 18.8 Å². The van der Waals surface area contributed by atoms with Gasteiger partial charge in [0.25, 0.3) is 0 Å². The van der Waals surface area contributed by atoms with Crippen LogP contribution in [0.15, 0.2) is 17.0 Å². The van der Waals surface area contributed by atoms with Gasteiger partial charge in [-0.25, -0.2) is 0 Å². The van der Waals surface area contributed by atoms with E-state index in [4.69, 9.17) is 0 Å². The van der Waals surface area contributed by atoms with Crippen molar-refractivity contribution >= 4 is 29.4 Å². The van der Waals surface area contributed by atoms with Gasteiger partial charge < -0.3 is 10.0 Å². The molecule has 0 spiro atoms. The first-order chi connectivity index (χ1) is 16.4. The highest BCUT2D eigenvalue weighted by atomic mass is 32.2. The maximum absolute atomic E-state index is 13.2. The van der Waals surface area contributed by atoms with E-state index in [-0.39, 0.29) is 10.8 Å². The predicted octanol–water partition coefficient (Wildman–Crippen LogP) is 7.77. The average molecular weight is 518 g/mol.